The van der Waals surface area contributed by atoms with Gasteiger partial charge in [-0.05, 0) is 18.6 Å². The smallest absolute Gasteiger partial charge is 0.144 e. The maximum atomic E-state index is 6.16. The number of hydrogen-bond donors (Lipinski definition) is 1. The normalized spacial score (nSPS) is 23.0. The van der Waals surface area contributed by atoms with Crippen LogP contribution in [0.4, 0.5) is 0 Å². The highest BCUT2D eigenvalue weighted by Crippen LogP contribution is 2.46. The molecule has 0 radical (unpaired) electrons. The SMILES string of the molecule is CCC1Oc2c(Cl)ccc(Cl)c2C1NOC. The second-order valence-corrected chi connectivity index (χ2v) is 4.45. The van der Waals surface area contributed by atoms with E-state index in [4.69, 9.17) is 32.8 Å². The van der Waals surface area contributed by atoms with Gasteiger partial charge in [0.15, 0.2) is 0 Å². The Kier molecular flexibility index (Phi) is 3.60. The van der Waals surface area contributed by atoms with Crippen LogP contribution < -0.4 is 10.2 Å². The van der Waals surface area contributed by atoms with Crippen molar-refractivity contribution in [3.63, 3.8) is 0 Å². The van der Waals surface area contributed by atoms with E-state index in [-0.39, 0.29) is 12.1 Å². The molecule has 0 amide bonds. The van der Waals surface area contributed by atoms with Crippen LogP contribution in [0.3, 0.4) is 0 Å². The fourth-order valence-electron chi connectivity index (χ4n) is 1.94. The second-order valence-electron chi connectivity index (χ2n) is 3.64. The van der Waals surface area contributed by atoms with Crippen molar-refractivity contribution in [1.29, 1.82) is 0 Å². The van der Waals surface area contributed by atoms with Crippen molar-refractivity contribution in [2.24, 2.45) is 0 Å². The number of halogens is 2. The Labute approximate surface area is 105 Å². The van der Waals surface area contributed by atoms with Crippen LogP contribution in [0.1, 0.15) is 24.9 Å². The van der Waals surface area contributed by atoms with E-state index in [1.54, 1.807) is 19.2 Å². The minimum Gasteiger partial charge on any atom is -0.486 e. The van der Waals surface area contributed by atoms with E-state index in [9.17, 15) is 0 Å². The summed E-state index contributed by atoms with van der Waals surface area (Å²) in [6, 6.07) is 3.44. The third-order valence-electron chi connectivity index (χ3n) is 2.69. The number of nitrogens with one attached hydrogen (secondary N) is 1. The van der Waals surface area contributed by atoms with Gasteiger partial charge in [0.2, 0.25) is 0 Å². The first kappa shape index (κ1) is 12.0. The van der Waals surface area contributed by atoms with Gasteiger partial charge in [0.25, 0.3) is 0 Å². The highest BCUT2D eigenvalue weighted by molar-refractivity contribution is 6.35. The summed E-state index contributed by atoms with van der Waals surface area (Å²) in [5, 5.41) is 1.23. The summed E-state index contributed by atoms with van der Waals surface area (Å²) in [6.45, 7) is 2.04. The molecule has 1 aliphatic rings. The molecule has 1 N–H and O–H groups in total. The standard InChI is InChI=1S/C11H13Cl2NO2/c1-3-8-10(14-15-2)9-6(12)4-5-7(13)11(9)16-8/h4-5,8,10,14H,3H2,1-2H3. The number of hydrogen-bond acceptors (Lipinski definition) is 3. The molecule has 0 aliphatic carbocycles. The zero-order valence-electron chi connectivity index (χ0n) is 9.09. The van der Waals surface area contributed by atoms with Crippen LogP contribution in [0.25, 0.3) is 0 Å². The Hall–Kier alpha value is -0.480. The monoisotopic (exact) mass is 261 g/mol. The lowest BCUT2D eigenvalue weighted by Crippen LogP contribution is -2.29. The average molecular weight is 262 g/mol. The second kappa shape index (κ2) is 4.80. The van der Waals surface area contributed by atoms with Crippen LogP contribution in [-0.2, 0) is 4.84 Å². The maximum Gasteiger partial charge on any atom is 0.144 e. The molecule has 0 saturated carbocycles. The molecule has 2 unspecified atom stereocenters. The van der Waals surface area contributed by atoms with Gasteiger partial charge in [-0.2, -0.15) is 5.48 Å². The highest BCUT2D eigenvalue weighted by atomic mass is 35.5. The third kappa shape index (κ3) is 1.89. The highest BCUT2D eigenvalue weighted by Gasteiger charge is 2.36. The summed E-state index contributed by atoms with van der Waals surface area (Å²) in [7, 11) is 1.57. The van der Waals surface area contributed by atoms with Crippen molar-refractivity contribution in [1.82, 2.24) is 5.48 Å². The summed E-state index contributed by atoms with van der Waals surface area (Å²) < 4.78 is 5.77. The van der Waals surface area contributed by atoms with Gasteiger partial charge in [0.05, 0.1) is 18.2 Å². The van der Waals surface area contributed by atoms with Crippen LogP contribution >= 0.6 is 23.2 Å². The van der Waals surface area contributed by atoms with Crippen molar-refractivity contribution in [2.75, 3.05) is 7.11 Å². The molecule has 2 rings (SSSR count). The minimum atomic E-state index is -0.0730. The zero-order valence-corrected chi connectivity index (χ0v) is 10.6. The molecule has 1 aromatic carbocycles. The molecule has 1 aliphatic heterocycles. The number of rotatable bonds is 3. The van der Waals surface area contributed by atoms with Gasteiger partial charge in [-0.1, -0.05) is 30.1 Å². The van der Waals surface area contributed by atoms with Gasteiger partial charge in [0.1, 0.15) is 11.9 Å². The summed E-state index contributed by atoms with van der Waals surface area (Å²) in [6.07, 6.45) is 0.842. The molecule has 0 bridgehead atoms. The van der Waals surface area contributed by atoms with E-state index in [2.05, 4.69) is 5.48 Å². The number of hydroxylamine groups is 1. The lowest BCUT2D eigenvalue weighted by Gasteiger charge is -2.17. The molecule has 0 aromatic heterocycles. The molecule has 0 saturated heterocycles. The number of fused-ring (bicyclic) bond motifs is 1. The number of ether oxygens (including phenoxy) is 1. The lowest BCUT2D eigenvalue weighted by atomic mass is 10.0. The fraction of sp³-hybridized carbons (Fsp3) is 0.455. The van der Waals surface area contributed by atoms with E-state index in [1.165, 1.54) is 0 Å². The first-order valence-corrected chi connectivity index (χ1v) is 5.87. The third-order valence-corrected chi connectivity index (χ3v) is 3.32. The van der Waals surface area contributed by atoms with E-state index < -0.39 is 0 Å². The molecule has 16 heavy (non-hydrogen) atoms. The lowest BCUT2D eigenvalue weighted by molar-refractivity contribution is 0.0284. The van der Waals surface area contributed by atoms with Gasteiger partial charge in [-0.3, -0.25) is 0 Å². The maximum absolute atomic E-state index is 6.16. The molecule has 1 aromatic rings. The largest absolute Gasteiger partial charge is 0.486 e. The Morgan fingerprint density at radius 3 is 2.69 bits per heavy atom. The number of benzene rings is 1. The molecule has 88 valence electrons. The first-order chi connectivity index (χ1) is 7.69. The zero-order chi connectivity index (χ0) is 11.7. The first-order valence-electron chi connectivity index (χ1n) is 5.12. The predicted molar refractivity (Wildman–Crippen MR) is 64.1 cm³/mol. The molecule has 1 heterocycles. The molecular formula is C11H13Cl2NO2. The van der Waals surface area contributed by atoms with Gasteiger partial charge in [0, 0.05) is 10.6 Å². The summed E-state index contributed by atoms with van der Waals surface area (Å²) >= 11 is 12.2. The van der Waals surface area contributed by atoms with Crippen LogP contribution in [0, 0.1) is 0 Å². The van der Waals surface area contributed by atoms with Crippen LogP contribution in [-0.4, -0.2) is 13.2 Å². The van der Waals surface area contributed by atoms with E-state index in [0.29, 0.717) is 15.8 Å². The van der Waals surface area contributed by atoms with E-state index >= 15 is 0 Å². The van der Waals surface area contributed by atoms with Crippen LogP contribution in [0.2, 0.25) is 10.0 Å². The van der Waals surface area contributed by atoms with E-state index in [0.717, 1.165) is 12.0 Å². The van der Waals surface area contributed by atoms with Gasteiger partial charge < -0.3 is 9.57 Å². The van der Waals surface area contributed by atoms with Gasteiger partial charge >= 0.3 is 0 Å². The Morgan fingerprint density at radius 2 is 2.06 bits per heavy atom. The predicted octanol–water partition coefficient (Wildman–Crippen LogP) is 3.36. The van der Waals surface area contributed by atoms with Crippen molar-refractivity contribution < 1.29 is 9.57 Å². The molecule has 3 nitrogen and oxygen atoms in total. The molecular weight excluding hydrogens is 249 g/mol. The van der Waals surface area contributed by atoms with Crippen LogP contribution in [0.5, 0.6) is 5.75 Å². The van der Waals surface area contributed by atoms with Crippen LogP contribution in [0.15, 0.2) is 12.1 Å². The van der Waals surface area contributed by atoms with Crippen molar-refractivity contribution in [2.45, 2.75) is 25.5 Å². The Bertz CT molecular complexity index is 398. The topological polar surface area (TPSA) is 30.5 Å². The van der Waals surface area contributed by atoms with Crippen molar-refractivity contribution in [3.8, 4) is 5.75 Å². The van der Waals surface area contributed by atoms with Gasteiger partial charge in [-0.15, -0.1) is 0 Å². The molecule has 0 fully saturated rings. The van der Waals surface area contributed by atoms with Crippen molar-refractivity contribution in [3.05, 3.63) is 27.7 Å². The summed E-state index contributed by atoms with van der Waals surface area (Å²) in [5.74, 6) is 0.663. The molecule has 2 atom stereocenters. The molecule has 0 spiro atoms. The van der Waals surface area contributed by atoms with Gasteiger partial charge in [-0.25, -0.2) is 0 Å². The summed E-state index contributed by atoms with van der Waals surface area (Å²) in [5.41, 5.74) is 3.78. The fourth-order valence-corrected chi connectivity index (χ4v) is 2.42. The molecule has 5 heteroatoms. The van der Waals surface area contributed by atoms with E-state index in [1.807, 2.05) is 6.92 Å². The average Bonchev–Trinajstić information content (AvgIpc) is 2.64. The Morgan fingerprint density at radius 1 is 1.38 bits per heavy atom. The minimum absolute atomic E-state index is 0.00708. The Balaban J connectivity index is 2.45. The van der Waals surface area contributed by atoms with Crippen molar-refractivity contribution >= 4 is 23.2 Å². The summed E-state index contributed by atoms with van der Waals surface area (Å²) in [4.78, 5) is 4.98. The quantitative estimate of drug-likeness (QED) is 0.847.